The molecular formula is C14H28N2. The molecule has 0 aromatic rings. The highest BCUT2D eigenvalue weighted by Gasteiger charge is 2.31. The van der Waals surface area contributed by atoms with E-state index in [1.807, 2.05) is 0 Å². The molecule has 2 unspecified atom stereocenters. The molecule has 2 saturated heterocycles. The van der Waals surface area contributed by atoms with Crippen molar-refractivity contribution in [3.8, 4) is 0 Å². The fourth-order valence-corrected chi connectivity index (χ4v) is 3.17. The monoisotopic (exact) mass is 224 g/mol. The first kappa shape index (κ1) is 12.4. The minimum Gasteiger partial charge on any atom is -0.298 e. The molecule has 0 aromatic heterocycles. The zero-order valence-electron chi connectivity index (χ0n) is 11.3. The summed E-state index contributed by atoms with van der Waals surface area (Å²) in [4.78, 5) is 5.43. The van der Waals surface area contributed by atoms with Gasteiger partial charge in [-0.05, 0) is 45.1 Å². The highest BCUT2D eigenvalue weighted by atomic mass is 15.3. The fraction of sp³-hybridized carbons (Fsp3) is 1.00. The Morgan fingerprint density at radius 2 is 1.88 bits per heavy atom. The van der Waals surface area contributed by atoms with Crippen LogP contribution in [0.15, 0.2) is 0 Å². The second kappa shape index (κ2) is 5.50. The van der Waals surface area contributed by atoms with Crippen molar-refractivity contribution in [3.05, 3.63) is 0 Å². The average molecular weight is 224 g/mol. The quantitative estimate of drug-likeness (QED) is 0.724. The molecule has 2 heteroatoms. The predicted octanol–water partition coefficient (Wildman–Crippen LogP) is 2.59. The maximum Gasteiger partial charge on any atom is 0.0224 e. The number of hydrogen-bond acceptors (Lipinski definition) is 2. The third-order valence-electron chi connectivity index (χ3n) is 4.40. The van der Waals surface area contributed by atoms with Crippen LogP contribution in [0.5, 0.6) is 0 Å². The molecule has 0 amide bonds. The van der Waals surface area contributed by atoms with E-state index in [0.717, 1.165) is 18.0 Å². The lowest BCUT2D eigenvalue weighted by atomic mass is 10.0. The summed E-state index contributed by atoms with van der Waals surface area (Å²) in [6, 6.07) is 1.68. The lowest BCUT2D eigenvalue weighted by Gasteiger charge is -2.40. The number of nitrogens with zero attached hydrogens (tertiary/aromatic N) is 2. The maximum absolute atomic E-state index is 2.73. The number of hydrogen-bond donors (Lipinski definition) is 0. The summed E-state index contributed by atoms with van der Waals surface area (Å²) in [6.07, 6.45) is 5.63. The Labute approximate surface area is 101 Å². The van der Waals surface area contributed by atoms with Gasteiger partial charge in [-0.15, -0.1) is 0 Å². The van der Waals surface area contributed by atoms with E-state index in [9.17, 15) is 0 Å². The van der Waals surface area contributed by atoms with Crippen molar-refractivity contribution in [1.82, 2.24) is 9.80 Å². The van der Waals surface area contributed by atoms with Crippen molar-refractivity contribution in [2.75, 3.05) is 26.2 Å². The van der Waals surface area contributed by atoms with Crippen LogP contribution in [0, 0.1) is 5.92 Å². The van der Waals surface area contributed by atoms with E-state index in [0.29, 0.717) is 0 Å². The summed E-state index contributed by atoms with van der Waals surface area (Å²) in [7, 11) is 0. The zero-order chi connectivity index (χ0) is 11.5. The van der Waals surface area contributed by atoms with Gasteiger partial charge < -0.3 is 0 Å². The van der Waals surface area contributed by atoms with E-state index >= 15 is 0 Å². The largest absolute Gasteiger partial charge is 0.298 e. The average Bonchev–Trinajstić information content (AvgIpc) is 2.72. The molecule has 0 spiro atoms. The van der Waals surface area contributed by atoms with E-state index in [1.54, 1.807) is 0 Å². The molecule has 2 fully saturated rings. The minimum absolute atomic E-state index is 0.796. The summed E-state index contributed by atoms with van der Waals surface area (Å²) in [6.45, 7) is 12.4. The van der Waals surface area contributed by atoms with Gasteiger partial charge in [0.2, 0.25) is 0 Å². The molecule has 2 rings (SSSR count). The first-order valence-corrected chi connectivity index (χ1v) is 7.15. The van der Waals surface area contributed by atoms with Gasteiger partial charge in [0, 0.05) is 31.7 Å². The molecule has 0 saturated carbocycles. The Bertz CT molecular complexity index is 215. The smallest absolute Gasteiger partial charge is 0.0224 e. The second-order valence-corrected chi connectivity index (χ2v) is 6.15. The van der Waals surface area contributed by atoms with Crippen LogP contribution in [0.1, 0.15) is 46.5 Å². The van der Waals surface area contributed by atoms with Crippen LogP contribution in [0.3, 0.4) is 0 Å². The molecule has 94 valence electrons. The van der Waals surface area contributed by atoms with Gasteiger partial charge in [-0.25, -0.2) is 0 Å². The molecule has 2 aliphatic heterocycles. The molecule has 16 heavy (non-hydrogen) atoms. The molecule has 0 N–H and O–H groups in total. The molecular weight excluding hydrogens is 196 g/mol. The zero-order valence-corrected chi connectivity index (χ0v) is 11.3. The first-order valence-electron chi connectivity index (χ1n) is 7.15. The van der Waals surface area contributed by atoms with Crippen molar-refractivity contribution in [2.45, 2.75) is 58.5 Å². The van der Waals surface area contributed by atoms with Crippen LogP contribution in [-0.2, 0) is 0 Å². The van der Waals surface area contributed by atoms with Crippen molar-refractivity contribution < 1.29 is 0 Å². The number of piperazine rings is 1. The molecule has 2 aliphatic rings. The summed E-state index contributed by atoms with van der Waals surface area (Å²) in [5.74, 6) is 0.857. The van der Waals surface area contributed by atoms with Crippen LogP contribution in [-0.4, -0.2) is 48.1 Å². The van der Waals surface area contributed by atoms with Gasteiger partial charge in [0.15, 0.2) is 0 Å². The van der Waals surface area contributed by atoms with Crippen LogP contribution in [0.4, 0.5) is 0 Å². The standard InChI is InChI=1S/C14H28N2/c1-12(2)6-7-13(3)16-10-9-15-8-4-5-14(15)11-16/h12-14H,4-11H2,1-3H3. The highest BCUT2D eigenvalue weighted by Crippen LogP contribution is 2.23. The lowest BCUT2D eigenvalue weighted by Crippen LogP contribution is -2.52. The first-order chi connectivity index (χ1) is 7.66. The van der Waals surface area contributed by atoms with Gasteiger partial charge in [-0.1, -0.05) is 13.8 Å². The lowest BCUT2D eigenvalue weighted by molar-refractivity contribution is 0.0724. The van der Waals surface area contributed by atoms with Gasteiger partial charge in [0.25, 0.3) is 0 Å². The van der Waals surface area contributed by atoms with Crippen molar-refractivity contribution in [1.29, 1.82) is 0 Å². The normalized spacial score (nSPS) is 29.6. The van der Waals surface area contributed by atoms with E-state index in [2.05, 4.69) is 30.6 Å². The molecule has 2 nitrogen and oxygen atoms in total. The Morgan fingerprint density at radius 1 is 1.06 bits per heavy atom. The van der Waals surface area contributed by atoms with Crippen LogP contribution in [0.25, 0.3) is 0 Å². The topological polar surface area (TPSA) is 6.48 Å². The van der Waals surface area contributed by atoms with E-state index in [-0.39, 0.29) is 0 Å². The van der Waals surface area contributed by atoms with Gasteiger partial charge in [0.05, 0.1) is 0 Å². The summed E-state index contributed by atoms with van der Waals surface area (Å²) in [5.41, 5.74) is 0. The molecule has 0 aromatic carbocycles. The summed E-state index contributed by atoms with van der Waals surface area (Å²) >= 11 is 0. The van der Waals surface area contributed by atoms with Crippen LogP contribution < -0.4 is 0 Å². The predicted molar refractivity (Wildman–Crippen MR) is 69.7 cm³/mol. The van der Waals surface area contributed by atoms with Gasteiger partial charge >= 0.3 is 0 Å². The van der Waals surface area contributed by atoms with E-state index < -0.39 is 0 Å². The van der Waals surface area contributed by atoms with Crippen LogP contribution in [0.2, 0.25) is 0 Å². The van der Waals surface area contributed by atoms with Crippen LogP contribution >= 0.6 is 0 Å². The van der Waals surface area contributed by atoms with Gasteiger partial charge in [-0.3, -0.25) is 9.80 Å². The minimum atomic E-state index is 0.796. The number of fused-ring (bicyclic) bond motifs is 1. The third-order valence-corrected chi connectivity index (χ3v) is 4.40. The van der Waals surface area contributed by atoms with E-state index in [4.69, 9.17) is 0 Å². The Balaban J connectivity index is 1.77. The summed E-state index contributed by atoms with van der Waals surface area (Å²) in [5, 5.41) is 0. The molecule has 0 bridgehead atoms. The summed E-state index contributed by atoms with van der Waals surface area (Å²) < 4.78 is 0. The SMILES string of the molecule is CC(C)CCC(C)N1CCN2CCCC2C1. The Hall–Kier alpha value is -0.0800. The Kier molecular flexibility index (Phi) is 4.26. The number of rotatable bonds is 4. The Morgan fingerprint density at radius 3 is 2.62 bits per heavy atom. The molecule has 0 radical (unpaired) electrons. The molecule has 0 aliphatic carbocycles. The maximum atomic E-state index is 2.73. The fourth-order valence-electron chi connectivity index (χ4n) is 3.17. The second-order valence-electron chi connectivity index (χ2n) is 6.15. The van der Waals surface area contributed by atoms with Gasteiger partial charge in [0.1, 0.15) is 0 Å². The third kappa shape index (κ3) is 2.98. The van der Waals surface area contributed by atoms with E-state index in [1.165, 1.54) is 51.9 Å². The van der Waals surface area contributed by atoms with Gasteiger partial charge in [-0.2, -0.15) is 0 Å². The highest BCUT2D eigenvalue weighted by molar-refractivity contribution is 4.88. The van der Waals surface area contributed by atoms with Crippen molar-refractivity contribution >= 4 is 0 Å². The van der Waals surface area contributed by atoms with Crippen molar-refractivity contribution in [3.63, 3.8) is 0 Å². The molecule has 2 atom stereocenters. The molecule has 2 heterocycles. The van der Waals surface area contributed by atoms with Crippen molar-refractivity contribution in [2.24, 2.45) is 5.92 Å².